The number of rotatable bonds is 5. The maximum absolute atomic E-state index is 11.0. The summed E-state index contributed by atoms with van der Waals surface area (Å²) in [5.41, 5.74) is 1.34. The van der Waals surface area contributed by atoms with Crippen LogP contribution in [-0.2, 0) is 0 Å². The van der Waals surface area contributed by atoms with Crippen LogP contribution in [0, 0.1) is 22.7 Å². The second-order valence-electron chi connectivity index (χ2n) is 6.47. The highest BCUT2D eigenvalue weighted by atomic mass is 16.4. The smallest absolute Gasteiger partial charge is 0.404 e. The van der Waals surface area contributed by atoms with Crippen molar-refractivity contribution < 1.29 is 9.90 Å². The molecule has 1 aliphatic rings. The summed E-state index contributed by atoms with van der Waals surface area (Å²) >= 11 is 0. The van der Waals surface area contributed by atoms with Crippen LogP contribution >= 0.6 is 0 Å². The molecular formula is C19H19N7O2. The molecule has 1 saturated carbocycles. The third kappa shape index (κ3) is 4.65. The van der Waals surface area contributed by atoms with E-state index >= 15 is 0 Å². The Morgan fingerprint density at radius 2 is 1.82 bits per heavy atom. The third-order valence-corrected chi connectivity index (χ3v) is 4.56. The van der Waals surface area contributed by atoms with Gasteiger partial charge >= 0.3 is 6.09 Å². The van der Waals surface area contributed by atoms with Crippen molar-refractivity contribution in [2.75, 3.05) is 10.6 Å². The van der Waals surface area contributed by atoms with E-state index in [1.54, 1.807) is 24.3 Å². The molecule has 0 bridgehead atoms. The van der Waals surface area contributed by atoms with E-state index in [1.807, 2.05) is 12.1 Å². The standard InChI is InChI=1S/C19H19N7O2/c20-9-12-5-7-13(8-6-12)23-18-16(10-21)22-11-17(26-18)24-14-3-1-2-4-15(14)25-19(27)28/h5-8,11,14-15,25H,1-4H2,(H,27,28)(H2,23,24,26). The minimum atomic E-state index is -1.05. The van der Waals surface area contributed by atoms with Crippen LogP contribution in [0.3, 0.4) is 0 Å². The first-order valence-corrected chi connectivity index (χ1v) is 8.89. The number of anilines is 3. The lowest BCUT2D eigenvalue weighted by atomic mass is 9.90. The fourth-order valence-corrected chi connectivity index (χ4v) is 3.22. The van der Waals surface area contributed by atoms with Crippen molar-refractivity contribution in [2.45, 2.75) is 37.8 Å². The monoisotopic (exact) mass is 377 g/mol. The van der Waals surface area contributed by atoms with Gasteiger partial charge in [-0.15, -0.1) is 0 Å². The first-order chi connectivity index (χ1) is 13.6. The average Bonchev–Trinajstić information content (AvgIpc) is 2.70. The van der Waals surface area contributed by atoms with Crippen molar-refractivity contribution in [1.29, 1.82) is 10.5 Å². The molecular weight excluding hydrogens is 358 g/mol. The van der Waals surface area contributed by atoms with Crippen molar-refractivity contribution in [3.8, 4) is 12.1 Å². The third-order valence-electron chi connectivity index (χ3n) is 4.56. The Morgan fingerprint density at radius 1 is 1.11 bits per heavy atom. The molecule has 3 rings (SSSR count). The molecule has 0 spiro atoms. The van der Waals surface area contributed by atoms with Crippen molar-refractivity contribution in [2.24, 2.45) is 0 Å². The molecule has 142 valence electrons. The van der Waals surface area contributed by atoms with E-state index in [0.29, 0.717) is 17.1 Å². The molecule has 1 aliphatic carbocycles. The van der Waals surface area contributed by atoms with E-state index in [4.69, 9.17) is 10.4 Å². The number of hydrogen-bond acceptors (Lipinski definition) is 7. The molecule has 0 aliphatic heterocycles. The summed E-state index contributed by atoms with van der Waals surface area (Å²) < 4.78 is 0. The van der Waals surface area contributed by atoms with Crippen molar-refractivity contribution in [1.82, 2.24) is 15.3 Å². The van der Waals surface area contributed by atoms with Gasteiger partial charge in [0.15, 0.2) is 11.5 Å². The molecule has 1 aromatic heterocycles. The maximum Gasteiger partial charge on any atom is 0.404 e. The summed E-state index contributed by atoms with van der Waals surface area (Å²) in [5.74, 6) is 0.745. The number of amides is 1. The maximum atomic E-state index is 11.0. The van der Waals surface area contributed by atoms with Gasteiger partial charge in [0.1, 0.15) is 11.9 Å². The predicted octanol–water partition coefficient (Wildman–Crippen LogP) is 2.95. The number of nitrogens with zero attached hydrogens (tertiary/aromatic N) is 4. The van der Waals surface area contributed by atoms with Gasteiger partial charge in [-0.25, -0.2) is 14.8 Å². The zero-order chi connectivity index (χ0) is 19.9. The topological polar surface area (TPSA) is 147 Å². The van der Waals surface area contributed by atoms with Gasteiger partial charge in [0.2, 0.25) is 0 Å². The molecule has 1 heterocycles. The van der Waals surface area contributed by atoms with Crippen LogP contribution < -0.4 is 16.0 Å². The summed E-state index contributed by atoms with van der Waals surface area (Å²) in [6, 6.07) is 10.5. The highest BCUT2D eigenvalue weighted by molar-refractivity contribution is 5.65. The molecule has 28 heavy (non-hydrogen) atoms. The van der Waals surface area contributed by atoms with Gasteiger partial charge in [-0.05, 0) is 37.1 Å². The van der Waals surface area contributed by atoms with Gasteiger partial charge in [-0.3, -0.25) is 0 Å². The first-order valence-electron chi connectivity index (χ1n) is 8.89. The Balaban J connectivity index is 1.78. The molecule has 1 aromatic carbocycles. The summed E-state index contributed by atoms with van der Waals surface area (Å²) in [6.07, 6.45) is 3.94. The largest absolute Gasteiger partial charge is 0.465 e. The van der Waals surface area contributed by atoms with Crippen LogP contribution in [0.15, 0.2) is 30.5 Å². The van der Waals surface area contributed by atoms with E-state index in [1.165, 1.54) is 6.20 Å². The molecule has 9 heteroatoms. The minimum absolute atomic E-state index is 0.102. The number of aromatic nitrogens is 2. The van der Waals surface area contributed by atoms with Crippen LogP contribution in [0.5, 0.6) is 0 Å². The molecule has 2 aromatic rings. The lowest BCUT2D eigenvalue weighted by molar-refractivity contribution is 0.184. The zero-order valence-corrected chi connectivity index (χ0v) is 15.0. The predicted molar refractivity (Wildman–Crippen MR) is 102 cm³/mol. The zero-order valence-electron chi connectivity index (χ0n) is 15.0. The van der Waals surface area contributed by atoms with E-state index in [0.717, 1.165) is 25.7 Å². The van der Waals surface area contributed by atoms with Gasteiger partial charge in [0, 0.05) is 11.7 Å². The molecule has 1 amide bonds. The normalized spacial score (nSPS) is 18.4. The molecule has 2 atom stereocenters. The van der Waals surface area contributed by atoms with Crippen molar-refractivity contribution >= 4 is 23.4 Å². The number of carbonyl (C=O) groups is 1. The van der Waals surface area contributed by atoms with Gasteiger partial charge in [-0.2, -0.15) is 10.5 Å². The van der Waals surface area contributed by atoms with E-state index in [2.05, 4.69) is 25.9 Å². The van der Waals surface area contributed by atoms with E-state index in [-0.39, 0.29) is 23.6 Å². The molecule has 1 fully saturated rings. The Bertz CT molecular complexity index is 931. The fourth-order valence-electron chi connectivity index (χ4n) is 3.22. The second kappa shape index (κ2) is 8.69. The van der Waals surface area contributed by atoms with Crippen molar-refractivity contribution in [3.05, 3.63) is 41.7 Å². The molecule has 2 unspecified atom stereocenters. The summed E-state index contributed by atoms with van der Waals surface area (Å²) in [6.45, 7) is 0. The van der Waals surface area contributed by atoms with Gasteiger partial charge in [0.05, 0.1) is 23.9 Å². The van der Waals surface area contributed by atoms with E-state index < -0.39 is 6.09 Å². The van der Waals surface area contributed by atoms with Crippen LogP contribution in [0.2, 0.25) is 0 Å². The Labute approximate surface area is 162 Å². The van der Waals surface area contributed by atoms with Gasteiger partial charge in [0.25, 0.3) is 0 Å². The van der Waals surface area contributed by atoms with Crippen LogP contribution in [0.25, 0.3) is 0 Å². The number of benzene rings is 1. The van der Waals surface area contributed by atoms with Crippen LogP contribution in [0.1, 0.15) is 36.9 Å². The van der Waals surface area contributed by atoms with E-state index in [9.17, 15) is 10.1 Å². The Morgan fingerprint density at radius 3 is 2.46 bits per heavy atom. The molecule has 0 radical (unpaired) electrons. The second-order valence-corrected chi connectivity index (χ2v) is 6.47. The lowest BCUT2D eigenvalue weighted by Crippen LogP contribution is -2.48. The quantitative estimate of drug-likeness (QED) is 0.622. The van der Waals surface area contributed by atoms with Crippen LogP contribution in [0.4, 0.5) is 22.1 Å². The number of nitrogens with one attached hydrogen (secondary N) is 3. The molecule has 4 N–H and O–H groups in total. The lowest BCUT2D eigenvalue weighted by Gasteiger charge is -2.32. The fraction of sp³-hybridized carbons (Fsp3) is 0.316. The number of nitriles is 2. The Kier molecular flexibility index (Phi) is 5.87. The average molecular weight is 377 g/mol. The number of hydrogen-bond donors (Lipinski definition) is 4. The highest BCUT2D eigenvalue weighted by Gasteiger charge is 2.27. The molecule has 0 saturated heterocycles. The minimum Gasteiger partial charge on any atom is -0.465 e. The highest BCUT2D eigenvalue weighted by Crippen LogP contribution is 2.24. The molecule has 9 nitrogen and oxygen atoms in total. The summed E-state index contributed by atoms with van der Waals surface area (Å²) in [7, 11) is 0. The van der Waals surface area contributed by atoms with Crippen molar-refractivity contribution in [3.63, 3.8) is 0 Å². The summed E-state index contributed by atoms with van der Waals surface area (Å²) in [4.78, 5) is 19.6. The SMILES string of the molecule is N#Cc1ccc(Nc2nc(NC3CCCCC3NC(=O)O)cnc2C#N)cc1. The number of carboxylic acid groups (broad SMARTS) is 1. The first kappa shape index (κ1) is 18.9. The Hall–Kier alpha value is -3.85. The summed E-state index contributed by atoms with van der Waals surface area (Å²) in [5, 5.41) is 36.0. The van der Waals surface area contributed by atoms with Gasteiger partial charge in [-0.1, -0.05) is 12.8 Å². The van der Waals surface area contributed by atoms with Gasteiger partial charge < -0.3 is 21.1 Å². The van der Waals surface area contributed by atoms with Crippen LogP contribution in [-0.4, -0.2) is 33.3 Å².